The van der Waals surface area contributed by atoms with E-state index in [4.69, 9.17) is 9.47 Å². The zero-order chi connectivity index (χ0) is 28.9. The minimum Gasteiger partial charge on any atom is -0.496 e. The monoisotopic (exact) mass is 550 g/mol. The number of ether oxygens (including phenoxy) is 2. The maximum Gasteiger partial charge on any atom is 0.257 e. The van der Waals surface area contributed by atoms with Crippen molar-refractivity contribution < 1.29 is 14.3 Å². The lowest BCUT2D eigenvalue weighted by Gasteiger charge is -2.39. The van der Waals surface area contributed by atoms with Crippen molar-refractivity contribution in [2.24, 2.45) is 0 Å². The van der Waals surface area contributed by atoms with E-state index in [1.54, 1.807) is 19.2 Å². The molecule has 1 fully saturated rings. The highest BCUT2D eigenvalue weighted by molar-refractivity contribution is 5.97. The van der Waals surface area contributed by atoms with Crippen molar-refractivity contribution in [2.75, 3.05) is 33.3 Å². The van der Waals surface area contributed by atoms with Gasteiger partial charge in [-0.3, -0.25) is 9.69 Å². The topological polar surface area (TPSA) is 107 Å². The summed E-state index contributed by atoms with van der Waals surface area (Å²) >= 11 is 0. The summed E-state index contributed by atoms with van der Waals surface area (Å²) in [5.74, 6) is 2.39. The molecule has 1 saturated heterocycles. The van der Waals surface area contributed by atoms with Crippen LogP contribution in [0.3, 0.4) is 0 Å². The van der Waals surface area contributed by atoms with E-state index in [1.165, 1.54) is 0 Å². The summed E-state index contributed by atoms with van der Waals surface area (Å²) in [5.41, 5.74) is 4.85. The number of carbonyl (C=O) groups is 1. The van der Waals surface area contributed by atoms with Crippen LogP contribution in [0.4, 0.5) is 0 Å². The summed E-state index contributed by atoms with van der Waals surface area (Å²) in [6.07, 6.45) is 2.55. The van der Waals surface area contributed by atoms with Crippen LogP contribution < -0.4 is 9.47 Å². The number of methoxy groups -OCH3 is 1. The number of H-pyrrole nitrogens is 1. The molecule has 1 aliphatic rings. The van der Waals surface area contributed by atoms with Crippen LogP contribution in [0.25, 0.3) is 0 Å². The van der Waals surface area contributed by atoms with Crippen LogP contribution in [0, 0.1) is 32.1 Å². The van der Waals surface area contributed by atoms with Crippen molar-refractivity contribution in [3.8, 4) is 23.4 Å². The number of amides is 1. The normalized spacial score (nSPS) is 14.4. The molecule has 1 aliphatic heterocycles. The number of aryl methyl sites for hydroxylation is 3. The highest BCUT2D eigenvalue weighted by Gasteiger charge is 2.30. The summed E-state index contributed by atoms with van der Waals surface area (Å²) in [5, 5.41) is 9.70. The lowest BCUT2D eigenvalue weighted by Crippen LogP contribution is -2.50. The number of pyridine rings is 1. The Bertz CT molecular complexity index is 1580. The summed E-state index contributed by atoms with van der Waals surface area (Å²) in [6.45, 7) is 8.39. The molecule has 9 nitrogen and oxygen atoms in total. The number of imidazole rings is 1. The molecule has 41 heavy (non-hydrogen) atoms. The second-order valence-corrected chi connectivity index (χ2v) is 10.3. The third kappa shape index (κ3) is 6.23. The van der Waals surface area contributed by atoms with E-state index in [1.807, 2.05) is 74.3 Å². The summed E-state index contributed by atoms with van der Waals surface area (Å²) < 4.78 is 11.6. The number of para-hydroxylation sites is 1. The van der Waals surface area contributed by atoms with Crippen LogP contribution in [-0.2, 0) is 6.42 Å². The van der Waals surface area contributed by atoms with E-state index in [9.17, 15) is 10.1 Å². The molecule has 9 heteroatoms. The van der Waals surface area contributed by atoms with Crippen LogP contribution in [-0.4, -0.2) is 63.9 Å². The standard InChI is InChI=1S/C32H34N6O3/c1-21-7-5-9-26(31(21)40-4)32(39)38-15-13-37(14-16-38)28(27-20-34-23(3)36-27)17-24-11-12-25(19-33)29(18-24)41-30-10-6-8-22(2)35-30/h5-12,18,20,28H,13-17H2,1-4H3,(H,34,36). The molecule has 1 amide bonds. The molecular formula is C32H34N6O3. The number of nitrogens with one attached hydrogen (secondary N) is 1. The predicted molar refractivity (Wildman–Crippen MR) is 155 cm³/mol. The maximum absolute atomic E-state index is 13.4. The van der Waals surface area contributed by atoms with Gasteiger partial charge in [-0.15, -0.1) is 0 Å². The Labute approximate surface area is 240 Å². The first kappa shape index (κ1) is 27.9. The smallest absolute Gasteiger partial charge is 0.257 e. The van der Waals surface area contributed by atoms with E-state index < -0.39 is 0 Å². The predicted octanol–water partition coefficient (Wildman–Crippen LogP) is 5.14. The molecule has 1 N–H and O–H groups in total. The zero-order valence-corrected chi connectivity index (χ0v) is 23.8. The molecule has 210 valence electrons. The number of benzene rings is 2. The molecule has 2 aromatic carbocycles. The number of rotatable bonds is 8. The Morgan fingerprint density at radius 2 is 1.85 bits per heavy atom. The third-order valence-electron chi connectivity index (χ3n) is 7.44. The van der Waals surface area contributed by atoms with Gasteiger partial charge in [0.15, 0.2) is 0 Å². The van der Waals surface area contributed by atoms with Gasteiger partial charge in [0.25, 0.3) is 5.91 Å². The number of nitriles is 1. The van der Waals surface area contributed by atoms with Crippen molar-refractivity contribution in [3.63, 3.8) is 0 Å². The van der Waals surface area contributed by atoms with Gasteiger partial charge in [0.2, 0.25) is 5.88 Å². The van der Waals surface area contributed by atoms with Crippen LogP contribution in [0.15, 0.2) is 60.8 Å². The Hall–Kier alpha value is -4.68. The minimum atomic E-state index is -0.0159. The van der Waals surface area contributed by atoms with Crippen molar-refractivity contribution in [1.82, 2.24) is 24.8 Å². The Morgan fingerprint density at radius 3 is 2.54 bits per heavy atom. The third-order valence-corrected chi connectivity index (χ3v) is 7.44. The second kappa shape index (κ2) is 12.2. The van der Waals surface area contributed by atoms with E-state index in [0.717, 1.165) is 28.3 Å². The molecule has 0 spiro atoms. The van der Waals surface area contributed by atoms with Crippen molar-refractivity contribution in [1.29, 1.82) is 5.26 Å². The van der Waals surface area contributed by atoms with Crippen LogP contribution in [0.1, 0.15) is 50.3 Å². The first-order chi connectivity index (χ1) is 19.9. The van der Waals surface area contributed by atoms with Gasteiger partial charge in [0, 0.05) is 44.1 Å². The minimum absolute atomic E-state index is 0.000150. The molecule has 1 unspecified atom stereocenters. The molecule has 0 bridgehead atoms. The van der Waals surface area contributed by atoms with Crippen LogP contribution >= 0.6 is 0 Å². The van der Waals surface area contributed by atoms with Gasteiger partial charge in [0.1, 0.15) is 23.4 Å². The van der Waals surface area contributed by atoms with Gasteiger partial charge in [-0.05, 0) is 62.6 Å². The summed E-state index contributed by atoms with van der Waals surface area (Å²) in [7, 11) is 1.60. The SMILES string of the molecule is COc1c(C)cccc1C(=O)N1CCN(C(Cc2ccc(C#N)c(Oc3cccc(C)n3)c2)c2cnc(C)[nH]2)CC1. The molecule has 0 radical (unpaired) electrons. The molecule has 5 rings (SSSR count). The van der Waals surface area contributed by atoms with Gasteiger partial charge < -0.3 is 19.4 Å². The zero-order valence-electron chi connectivity index (χ0n) is 23.8. The largest absolute Gasteiger partial charge is 0.496 e. The van der Waals surface area contributed by atoms with Crippen molar-refractivity contribution in [3.05, 3.63) is 100 Å². The average Bonchev–Trinajstić information content (AvgIpc) is 3.41. The van der Waals surface area contributed by atoms with E-state index in [2.05, 4.69) is 25.9 Å². The number of hydrogen-bond acceptors (Lipinski definition) is 7. The molecule has 3 heterocycles. The van der Waals surface area contributed by atoms with Crippen LogP contribution in [0.2, 0.25) is 0 Å². The molecule has 1 atom stereocenters. The Kier molecular flexibility index (Phi) is 8.31. The fourth-order valence-electron chi connectivity index (χ4n) is 5.33. The van der Waals surface area contributed by atoms with Gasteiger partial charge >= 0.3 is 0 Å². The van der Waals surface area contributed by atoms with Crippen molar-refractivity contribution >= 4 is 5.91 Å². The Balaban J connectivity index is 1.35. The molecule has 4 aromatic rings. The summed E-state index contributed by atoms with van der Waals surface area (Å²) in [4.78, 5) is 30.0. The number of aromatic nitrogens is 3. The van der Waals surface area contributed by atoms with Gasteiger partial charge in [-0.2, -0.15) is 5.26 Å². The molecule has 0 aliphatic carbocycles. The fraction of sp³-hybridized carbons (Fsp3) is 0.312. The fourth-order valence-corrected chi connectivity index (χ4v) is 5.33. The lowest BCUT2D eigenvalue weighted by atomic mass is 9.99. The van der Waals surface area contributed by atoms with E-state index >= 15 is 0 Å². The number of hydrogen-bond donors (Lipinski definition) is 1. The second-order valence-electron chi connectivity index (χ2n) is 10.3. The molecule has 0 saturated carbocycles. The van der Waals surface area contributed by atoms with E-state index in [0.29, 0.717) is 61.1 Å². The van der Waals surface area contributed by atoms with Crippen LogP contribution in [0.5, 0.6) is 17.4 Å². The van der Waals surface area contributed by atoms with Gasteiger partial charge in [-0.25, -0.2) is 9.97 Å². The highest BCUT2D eigenvalue weighted by atomic mass is 16.5. The number of nitrogens with zero attached hydrogens (tertiary/aromatic N) is 5. The van der Waals surface area contributed by atoms with Gasteiger partial charge in [-0.1, -0.05) is 24.3 Å². The number of piperazine rings is 1. The first-order valence-corrected chi connectivity index (χ1v) is 13.7. The molecular weight excluding hydrogens is 516 g/mol. The molecule has 2 aromatic heterocycles. The van der Waals surface area contributed by atoms with Crippen molar-refractivity contribution in [2.45, 2.75) is 33.2 Å². The summed E-state index contributed by atoms with van der Waals surface area (Å²) in [6, 6.07) is 19.1. The van der Waals surface area contributed by atoms with Gasteiger partial charge in [0.05, 0.1) is 30.0 Å². The average molecular weight is 551 g/mol. The number of carbonyl (C=O) groups excluding carboxylic acids is 1. The number of aromatic amines is 1. The maximum atomic E-state index is 13.4. The Morgan fingerprint density at radius 1 is 1.07 bits per heavy atom. The highest BCUT2D eigenvalue weighted by Crippen LogP contribution is 2.31. The first-order valence-electron chi connectivity index (χ1n) is 13.7. The van der Waals surface area contributed by atoms with E-state index in [-0.39, 0.29) is 11.9 Å². The lowest BCUT2D eigenvalue weighted by molar-refractivity contribution is 0.0559. The quantitative estimate of drug-likeness (QED) is 0.324.